The molecule has 0 bridgehead atoms. The molecule has 0 atom stereocenters. The minimum absolute atomic E-state index is 0.114. The van der Waals surface area contributed by atoms with Gasteiger partial charge in [0.2, 0.25) is 0 Å². The van der Waals surface area contributed by atoms with Crippen LogP contribution in [0.5, 0.6) is 0 Å². The van der Waals surface area contributed by atoms with Crippen molar-refractivity contribution >= 4 is 27.9 Å². The van der Waals surface area contributed by atoms with Crippen LogP contribution in [-0.4, -0.2) is 54.5 Å². The van der Waals surface area contributed by atoms with Crippen molar-refractivity contribution in [3.05, 3.63) is 34.1 Å². The molecule has 1 saturated heterocycles. The van der Waals surface area contributed by atoms with E-state index in [1.54, 1.807) is 15.9 Å². The quantitative estimate of drug-likeness (QED) is 0.880. The number of nitrogens with zero attached hydrogens (tertiary/aromatic N) is 2. The van der Waals surface area contributed by atoms with Gasteiger partial charge in [-0.3, -0.25) is 4.79 Å². The third-order valence-corrected chi connectivity index (χ3v) is 4.17. The first-order chi connectivity index (χ1) is 10.0. The van der Waals surface area contributed by atoms with Crippen molar-refractivity contribution < 1.29 is 14.0 Å². The predicted octanol–water partition coefficient (Wildman–Crippen LogP) is 2.08. The van der Waals surface area contributed by atoms with Gasteiger partial charge in [0.1, 0.15) is 5.82 Å². The molecule has 5 nitrogen and oxygen atoms in total. The number of hydrogen-bond acceptors (Lipinski definition) is 2. The van der Waals surface area contributed by atoms with E-state index in [9.17, 15) is 14.0 Å². The standard InChI is InChI=1S/C14H17BrFN3O2/c1-2-17-14(21)19-8-6-18(7-9-19)13(20)10-4-3-5-11(16)12(10)15/h3-5H,2,6-9H2,1H3,(H,17,21). The second kappa shape index (κ2) is 6.89. The third kappa shape index (κ3) is 3.53. The van der Waals surface area contributed by atoms with Gasteiger partial charge in [0, 0.05) is 32.7 Å². The Hall–Kier alpha value is -1.63. The third-order valence-electron chi connectivity index (χ3n) is 3.36. The molecule has 0 saturated carbocycles. The van der Waals surface area contributed by atoms with Crippen molar-refractivity contribution in [2.45, 2.75) is 6.92 Å². The molecule has 2 rings (SSSR count). The Morgan fingerprint density at radius 1 is 1.24 bits per heavy atom. The first-order valence-corrected chi connectivity index (χ1v) is 7.60. The molecule has 0 aromatic heterocycles. The molecule has 114 valence electrons. The Morgan fingerprint density at radius 2 is 1.86 bits per heavy atom. The molecule has 1 aromatic carbocycles. The summed E-state index contributed by atoms with van der Waals surface area (Å²) in [5.74, 6) is -0.682. The van der Waals surface area contributed by atoms with Gasteiger partial charge in [-0.1, -0.05) is 6.07 Å². The van der Waals surface area contributed by atoms with Crippen LogP contribution in [0, 0.1) is 5.82 Å². The van der Waals surface area contributed by atoms with E-state index in [0.29, 0.717) is 38.3 Å². The molecule has 0 aliphatic carbocycles. The van der Waals surface area contributed by atoms with Gasteiger partial charge in [0.15, 0.2) is 0 Å². The van der Waals surface area contributed by atoms with E-state index < -0.39 is 5.82 Å². The zero-order valence-electron chi connectivity index (χ0n) is 11.7. The van der Waals surface area contributed by atoms with Gasteiger partial charge in [-0.05, 0) is 35.0 Å². The van der Waals surface area contributed by atoms with Gasteiger partial charge < -0.3 is 15.1 Å². The SMILES string of the molecule is CCNC(=O)N1CCN(C(=O)c2cccc(F)c2Br)CC1. The highest BCUT2D eigenvalue weighted by Gasteiger charge is 2.26. The fourth-order valence-corrected chi connectivity index (χ4v) is 2.65. The number of carbonyl (C=O) groups is 2. The van der Waals surface area contributed by atoms with Gasteiger partial charge in [0.05, 0.1) is 10.0 Å². The van der Waals surface area contributed by atoms with Gasteiger partial charge in [-0.15, -0.1) is 0 Å². The van der Waals surface area contributed by atoms with Crippen LogP contribution in [0.4, 0.5) is 9.18 Å². The summed E-state index contributed by atoms with van der Waals surface area (Å²) in [4.78, 5) is 27.4. The van der Waals surface area contributed by atoms with E-state index in [1.165, 1.54) is 12.1 Å². The molecule has 7 heteroatoms. The Kier molecular flexibility index (Phi) is 5.17. The van der Waals surface area contributed by atoms with Crippen molar-refractivity contribution in [2.24, 2.45) is 0 Å². The van der Waals surface area contributed by atoms with Gasteiger partial charge >= 0.3 is 6.03 Å². The van der Waals surface area contributed by atoms with E-state index >= 15 is 0 Å². The fourth-order valence-electron chi connectivity index (χ4n) is 2.21. The molecule has 1 N–H and O–H groups in total. The molecule has 0 unspecified atom stereocenters. The van der Waals surface area contributed by atoms with Crippen LogP contribution in [0.25, 0.3) is 0 Å². The maximum absolute atomic E-state index is 13.5. The summed E-state index contributed by atoms with van der Waals surface area (Å²) in [6.07, 6.45) is 0. The lowest BCUT2D eigenvalue weighted by atomic mass is 10.1. The van der Waals surface area contributed by atoms with E-state index in [0.717, 1.165) is 0 Å². The van der Waals surface area contributed by atoms with Crippen LogP contribution in [0.2, 0.25) is 0 Å². The van der Waals surface area contributed by atoms with Gasteiger partial charge in [-0.25, -0.2) is 9.18 Å². The molecule has 1 heterocycles. The second-order valence-electron chi connectivity index (χ2n) is 4.72. The van der Waals surface area contributed by atoms with Crippen LogP contribution >= 0.6 is 15.9 Å². The average molecular weight is 358 g/mol. The highest BCUT2D eigenvalue weighted by molar-refractivity contribution is 9.10. The first kappa shape index (κ1) is 15.8. The Bertz CT molecular complexity index is 545. The Balaban J connectivity index is 2.00. The molecule has 0 radical (unpaired) electrons. The summed E-state index contributed by atoms with van der Waals surface area (Å²) in [6, 6.07) is 4.29. The molecule has 1 aromatic rings. The Morgan fingerprint density at radius 3 is 2.48 bits per heavy atom. The van der Waals surface area contributed by atoms with E-state index in [1.807, 2.05) is 6.92 Å². The second-order valence-corrected chi connectivity index (χ2v) is 5.51. The van der Waals surface area contributed by atoms with Crippen molar-refractivity contribution in [3.8, 4) is 0 Å². The molecule has 21 heavy (non-hydrogen) atoms. The van der Waals surface area contributed by atoms with Crippen LogP contribution in [0.3, 0.4) is 0 Å². The molecule has 1 aliphatic rings. The van der Waals surface area contributed by atoms with E-state index in [4.69, 9.17) is 0 Å². The summed E-state index contributed by atoms with van der Waals surface area (Å²) in [7, 11) is 0. The van der Waals surface area contributed by atoms with Gasteiger partial charge in [0.25, 0.3) is 5.91 Å². The van der Waals surface area contributed by atoms with E-state index in [2.05, 4.69) is 21.2 Å². The fraction of sp³-hybridized carbons (Fsp3) is 0.429. The monoisotopic (exact) mass is 357 g/mol. The lowest BCUT2D eigenvalue weighted by molar-refractivity contribution is 0.0664. The molecular formula is C14H17BrFN3O2. The number of rotatable bonds is 2. The summed E-state index contributed by atoms with van der Waals surface area (Å²) in [5.41, 5.74) is 0.307. The minimum Gasteiger partial charge on any atom is -0.338 e. The topological polar surface area (TPSA) is 52.7 Å². The largest absolute Gasteiger partial charge is 0.338 e. The van der Waals surface area contributed by atoms with Crippen LogP contribution in [-0.2, 0) is 0 Å². The highest BCUT2D eigenvalue weighted by Crippen LogP contribution is 2.22. The van der Waals surface area contributed by atoms with Crippen LogP contribution in [0.1, 0.15) is 17.3 Å². The normalized spacial score (nSPS) is 15.0. The summed E-state index contributed by atoms with van der Waals surface area (Å²) in [5, 5.41) is 2.73. The summed E-state index contributed by atoms with van der Waals surface area (Å²) < 4.78 is 13.7. The number of hydrogen-bond donors (Lipinski definition) is 1. The molecular weight excluding hydrogens is 341 g/mol. The average Bonchev–Trinajstić information content (AvgIpc) is 2.50. The minimum atomic E-state index is -0.457. The molecule has 1 aliphatic heterocycles. The lowest BCUT2D eigenvalue weighted by Gasteiger charge is -2.34. The zero-order chi connectivity index (χ0) is 15.4. The maximum Gasteiger partial charge on any atom is 0.317 e. The van der Waals surface area contributed by atoms with Crippen molar-refractivity contribution in [3.63, 3.8) is 0 Å². The lowest BCUT2D eigenvalue weighted by Crippen LogP contribution is -2.53. The number of urea groups is 1. The van der Waals surface area contributed by atoms with Gasteiger partial charge in [-0.2, -0.15) is 0 Å². The van der Waals surface area contributed by atoms with E-state index in [-0.39, 0.29) is 16.4 Å². The number of halogens is 2. The van der Waals surface area contributed by atoms with Crippen LogP contribution < -0.4 is 5.32 Å². The summed E-state index contributed by atoms with van der Waals surface area (Å²) >= 11 is 3.11. The maximum atomic E-state index is 13.5. The molecule has 0 spiro atoms. The van der Waals surface area contributed by atoms with Crippen molar-refractivity contribution in [2.75, 3.05) is 32.7 Å². The zero-order valence-corrected chi connectivity index (χ0v) is 13.3. The Labute approximate surface area is 131 Å². The highest BCUT2D eigenvalue weighted by atomic mass is 79.9. The number of piperazine rings is 1. The first-order valence-electron chi connectivity index (χ1n) is 6.80. The summed E-state index contributed by atoms with van der Waals surface area (Å²) in [6.45, 7) is 4.28. The van der Waals surface area contributed by atoms with Crippen LogP contribution in [0.15, 0.2) is 22.7 Å². The molecule has 3 amide bonds. The molecule has 1 fully saturated rings. The number of benzene rings is 1. The predicted molar refractivity (Wildman–Crippen MR) is 80.6 cm³/mol. The number of carbonyl (C=O) groups excluding carboxylic acids is 2. The number of nitrogens with one attached hydrogen (secondary N) is 1. The smallest absolute Gasteiger partial charge is 0.317 e. The van der Waals surface area contributed by atoms with Crippen molar-refractivity contribution in [1.29, 1.82) is 0 Å². The number of amides is 3. The van der Waals surface area contributed by atoms with Crippen molar-refractivity contribution in [1.82, 2.24) is 15.1 Å².